The second-order valence-corrected chi connectivity index (χ2v) is 8.71. The summed E-state index contributed by atoms with van der Waals surface area (Å²) in [7, 11) is 0. The summed E-state index contributed by atoms with van der Waals surface area (Å²) in [5, 5.41) is 24.9. The highest BCUT2D eigenvalue weighted by molar-refractivity contribution is 6.08. The molecule has 1 aliphatic carbocycles. The van der Waals surface area contributed by atoms with Crippen molar-refractivity contribution in [2.75, 3.05) is 0 Å². The van der Waals surface area contributed by atoms with E-state index in [0.29, 0.717) is 17.2 Å². The summed E-state index contributed by atoms with van der Waals surface area (Å²) in [5.74, 6) is 0.762. The molecule has 32 heavy (non-hydrogen) atoms. The van der Waals surface area contributed by atoms with Gasteiger partial charge < -0.3 is 14.6 Å². The molecule has 1 heterocycles. The van der Waals surface area contributed by atoms with Crippen molar-refractivity contribution < 1.29 is 14.6 Å². The average Bonchev–Trinajstić information content (AvgIpc) is 3.23. The maximum absolute atomic E-state index is 9.86. The average molecular weight is 421 g/mol. The van der Waals surface area contributed by atoms with Crippen LogP contribution in [0.1, 0.15) is 34.6 Å². The second-order valence-electron chi connectivity index (χ2n) is 8.71. The van der Waals surface area contributed by atoms with Crippen LogP contribution in [0.5, 0.6) is 5.95 Å². The predicted molar refractivity (Wildman–Crippen MR) is 128 cm³/mol. The fourth-order valence-electron chi connectivity index (χ4n) is 5.45. The van der Waals surface area contributed by atoms with Crippen molar-refractivity contribution in [1.82, 2.24) is 0 Å². The van der Waals surface area contributed by atoms with Crippen molar-refractivity contribution in [2.24, 2.45) is 0 Å². The molecule has 1 unspecified atom stereocenters. The van der Waals surface area contributed by atoms with Gasteiger partial charge in [-0.15, -0.1) is 0 Å². The number of rotatable bonds is 3. The Balaban J connectivity index is 1.42. The van der Waals surface area contributed by atoms with Gasteiger partial charge in [0.05, 0.1) is 6.61 Å². The topological polar surface area (TPSA) is 53.6 Å². The summed E-state index contributed by atoms with van der Waals surface area (Å²) in [5.41, 5.74) is 5.65. The van der Waals surface area contributed by atoms with Crippen LogP contribution in [0.3, 0.4) is 0 Å². The van der Waals surface area contributed by atoms with Crippen molar-refractivity contribution in [3.05, 3.63) is 101 Å². The fraction of sp³-hybridized carbons (Fsp3) is 0.172. The Morgan fingerprint density at radius 3 is 2.56 bits per heavy atom. The van der Waals surface area contributed by atoms with Crippen molar-refractivity contribution in [3.8, 4) is 17.3 Å². The molecule has 5 aromatic rings. The van der Waals surface area contributed by atoms with Gasteiger partial charge in [0.25, 0.3) is 5.95 Å². The molecular formula is C29H24O3. The largest absolute Gasteiger partial charge is 0.481 e. The van der Waals surface area contributed by atoms with E-state index >= 15 is 0 Å². The van der Waals surface area contributed by atoms with E-state index in [-0.39, 0.29) is 12.6 Å². The molecule has 1 aliphatic rings. The van der Waals surface area contributed by atoms with Gasteiger partial charge >= 0.3 is 0 Å². The Morgan fingerprint density at radius 1 is 0.844 bits per heavy atom. The van der Waals surface area contributed by atoms with Crippen LogP contribution in [-0.2, 0) is 19.4 Å². The lowest BCUT2D eigenvalue weighted by molar-refractivity contribution is 0.281. The molecule has 3 nitrogen and oxygen atoms in total. The Hall–Kier alpha value is -3.56. The smallest absolute Gasteiger partial charge is 0.282 e. The van der Waals surface area contributed by atoms with Gasteiger partial charge in [0.2, 0.25) is 0 Å². The minimum Gasteiger partial charge on any atom is -0.481 e. The Kier molecular flexibility index (Phi) is 4.51. The molecule has 6 rings (SSSR count). The van der Waals surface area contributed by atoms with Crippen LogP contribution >= 0.6 is 0 Å². The van der Waals surface area contributed by atoms with E-state index in [1.54, 1.807) is 0 Å². The van der Waals surface area contributed by atoms with Crippen LogP contribution in [0.4, 0.5) is 0 Å². The van der Waals surface area contributed by atoms with Crippen molar-refractivity contribution in [3.63, 3.8) is 0 Å². The van der Waals surface area contributed by atoms with Crippen LogP contribution in [-0.4, -0.2) is 10.2 Å². The van der Waals surface area contributed by atoms with Crippen LogP contribution in [0.2, 0.25) is 0 Å². The number of furan rings is 1. The Bertz CT molecular complexity index is 1460. The molecule has 0 fully saturated rings. The number of aryl methyl sites for hydroxylation is 1. The van der Waals surface area contributed by atoms with Gasteiger partial charge in [-0.2, -0.15) is 0 Å². The van der Waals surface area contributed by atoms with E-state index in [0.717, 1.165) is 24.8 Å². The first-order valence-electron chi connectivity index (χ1n) is 11.2. The highest BCUT2D eigenvalue weighted by Crippen LogP contribution is 2.42. The van der Waals surface area contributed by atoms with Gasteiger partial charge in [0.1, 0.15) is 5.76 Å². The van der Waals surface area contributed by atoms with Gasteiger partial charge in [-0.05, 0) is 63.4 Å². The summed E-state index contributed by atoms with van der Waals surface area (Å²) < 4.78 is 5.59. The molecule has 2 N–H and O–H groups in total. The number of aromatic hydroxyl groups is 1. The molecule has 0 saturated carbocycles. The first-order chi connectivity index (χ1) is 15.7. The zero-order chi connectivity index (χ0) is 21.7. The van der Waals surface area contributed by atoms with Crippen LogP contribution in [0.25, 0.3) is 32.9 Å². The molecule has 0 aliphatic heterocycles. The van der Waals surface area contributed by atoms with Gasteiger partial charge in [-0.1, -0.05) is 72.8 Å². The van der Waals surface area contributed by atoms with E-state index in [2.05, 4.69) is 60.7 Å². The molecule has 0 spiro atoms. The maximum Gasteiger partial charge on any atom is 0.282 e. The monoisotopic (exact) mass is 420 g/mol. The van der Waals surface area contributed by atoms with Gasteiger partial charge in [0, 0.05) is 17.2 Å². The first kappa shape index (κ1) is 19.1. The highest BCUT2D eigenvalue weighted by atomic mass is 16.5. The normalized spacial score (nSPS) is 15.8. The summed E-state index contributed by atoms with van der Waals surface area (Å²) in [6.07, 6.45) is 3.05. The fourth-order valence-corrected chi connectivity index (χ4v) is 5.45. The van der Waals surface area contributed by atoms with Crippen LogP contribution in [0, 0.1) is 0 Å². The molecule has 1 aromatic heterocycles. The number of fused-ring (bicyclic) bond motifs is 5. The van der Waals surface area contributed by atoms with Crippen molar-refractivity contribution in [2.45, 2.75) is 31.8 Å². The molecule has 0 bridgehead atoms. The van der Waals surface area contributed by atoms with Crippen LogP contribution in [0.15, 0.2) is 83.3 Å². The molecule has 3 heteroatoms. The van der Waals surface area contributed by atoms with E-state index in [4.69, 9.17) is 4.42 Å². The molecule has 0 radical (unpaired) electrons. The van der Waals surface area contributed by atoms with Gasteiger partial charge in [-0.25, -0.2) is 0 Å². The quantitative estimate of drug-likeness (QED) is 0.318. The zero-order valence-corrected chi connectivity index (χ0v) is 17.7. The van der Waals surface area contributed by atoms with Crippen molar-refractivity contribution in [1.29, 1.82) is 0 Å². The first-order valence-corrected chi connectivity index (χ1v) is 11.2. The summed E-state index contributed by atoms with van der Waals surface area (Å²) >= 11 is 0. The summed E-state index contributed by atoms with van der Waals surface area (Å²) in [6.45, 7) is -0.166. The third-order valence-corrected chi connectivity index (χ3v) is 6.96. The van der Waals surface area contributed by atoms with E-state index in [1.807, 2.05) is 12.1 Å². The van der Waals surface area contributed by atoms with Crippen molar-refractivity contribution >= 4 is 21.5 Å². The molecule has 158 valence electrons. The SMILES string of the molecule is OCc1cc(O)oc1-c1ccccc1C1CCc2c(ccc3c2ccc2ccccc23)C1. The van der Waals surface area contributed by atoms with E-state index in [9.17, 15) is 10.2 Å². The third kappa shape index (κ3) is 3.01. The molecule has 4 aromatic carbocycles. The number of hydrogen-bond donors (Lipinski definition) is 2. The number of benzene rings is 4. The Morgan fingerprint density at radius 2 is 1.66 bits per heavy atom. The zero-order valence-electron chi connectivity index (χ0n) is 17.7. The highest BCUT2D eigenvalue weighted by Gasteiger charge is 2.26. The minimum atomic E-state index is -0.166. The standard InChI is InChI=1S/C29H24O3/c30-17-21-16-28(31)32-29(21)27-8-4-3-7-23(27)19-10-12-24-20(15-19)11-14-25-22-6-2-1-5-18(22)9-13-26(24)25/h1-9,11,13-14,16,19,30-31H,10,12,15,17H2. The summed E-state index contributed by atoms with van der Waals surface area (Å²) in [6, 6.07) is 27.4. The number of hydrogen-bond acceptors (Lipinski definition) is 3. The lowest BCUT2D eigenvalue weighted by Crippen LogP contribution is -2.14. The van der Waals surface area contributed by atoms with E-state index < -0.39 is 0 Å². The lowest BCUT2D eigenvalue weighted by Gasteiger charge is -2.28. The maximum atomic E-state index is 9.86. The third-order valence-electron chi connectivity index (χ3n) is 6.96. The van der Waals surface area contributed by atoms with Gasteiger partial charge in [-0.3, -0.25) is 0 Å². The van der Waals surface area contributed by atoms with Crippen LogP contribution < -0.4 is 0 Å². The predicted octanol–water partition coefficient (Wildman–Crippen LogP) is 6.72. The summed E-state index contributed by atoms with van der Waals surface area (Å²) in [4.78, 5) is 0. The number of aliphatic hydroxyl groups is 1. The molecule has 1 atom stereocenters. The second kappa shape index (κ2) is 7.54. The lowest BCUT2D eigenvalue weighted by atomic mass is 9.76. The molecule has 0 saturated heterocycles. The number of aliphatic hydroxyl groups excluding tert-OH is 1. The minimum absolute atomic E-state index is 0.161. The van der Waals surface area contributed by atoms with Gasteiger partial charge in [0.15, 0.2) is 0 Å². The van der Waals surface area contributed by atoms with E-state index in [1.165, 1.54) is 44.3 Å². The molecular weight excluding hydrogens is 396 g/mol. The Labute approximate surface area is 186 Å². The molecule has 0 amide bonds.